The molecule has 1 aliphatic heterocycles. The lowest BCUT2D eigenvalue weighted by Gasteiger charge is -2.30. The summed E-state index contributed by atoms with van der Waals surface area (Å²) in [4.78, 5) is 9.67. The number of halogens is 2. The first-order valence-corrected chi connectivity index (χ1v) is 24.9. The first-order chi connectivity index (χ1) is 33.7. The van der Waals surface area contributed by atoms with Crippen molar-refractivity contribution in [1.29, 1.82) is 0 Å². The van der Waals surface area contributed by atoms with Crippen LogP contribution in [0.25, 0.3) is 49.9 Å². The van der Waals surface area contributed by atoms with Gasteiger partial charge in [0.25, 0.3) is 0 Å². The molecule has 0 N–H and O–H groups in total. The lowest BCUT2D eigenvalue weighted by Crippen LogP contribution is -2.26. The van der Waals surface area contributed by atoms with Crippen molar-refractivity contribution < 1.29 is 13.5 Å². The highest BCUT2D eigenvalue weighted by molar-refractivity contribution is 6.09. The molecule has 5 nitrogen and oxygen atoms in total. The molecule has 0 saturated heterocycles. The summed E-state index contributed by atoms with van der Waals surface area (Å²) < 4.78 is 39.1. The molecule has 0 radical (unpaired) electrons. The second-order valence-corrected chi connectivity index (χ2v) is 20.5. The second kappa shape index (κ2) is 18.6. The molecule has 0 aliphatic carbocycles. The van der Waals surface area contributed by atoms with Gasteiger partial charge in [-0.2, -0.15) is 0 Å². The summed E-state index contributed by atoms with van der Waals surface area (Å²) in [5.74, 6) is 2.22. The van der Waals surface area contributed by atoms with Crippen molar-refractivity contribution >= 4 is 44.6 Å². The van der Waals surface area contributed by atoms with Crippen LogP contribution >= 0.6 is 0 Å². The van der Waals surface area contributed by atoms with E-state index >= 15 is 4.39 Å². The molecule has 2 aromatic heterocycles. The molecule has 0 spiro atoms. The minimum absolute atomic E-state index is 0.0979. The lowest BCUT2D eigenvalue weighted by atomic mass is 9.85. The van der Waals surface area contributed by atoms with Crippen molar-refractivity contribution in [2.45, 2.75) is 98.8 Å². The van der Waals surface area contributed by atoms with Crippen molar-refractivity contribution in [2.75, 3.05) is 16.5 Å². The fourth-order valence-corrected chi connectivity index (χ4v) is 10.5. The SMILES string of the molecule is CC(C)c1ccc2c(c1)N(c1c(C(C)C)cc(-c3ccc(F)cc3F)cc1C(C)C)CN2c1cc(Oc2ccc3c4ccccc4n(-c4ccccn4)c3c2)cc(-c2c(C(C)C)cccc2C(C)C)c1. The number of aromatic nitrogens is 2. The molecule has 70 heavy (non-hydrogen) atoms. The smallest absolute Gasteiger partial charge is 0.137 e. The third kappa shape index (κ3) is 8.39. The van der Waals surface area contributed by atoms with Gasteiger partial charge in [0.1, 0.15) is 35.6 Å². The maximum Gasteiger partial charge on any atom is 0.137 e. The Bertz CT molecular complexity index is 3370. The highest BCUT2D eigenvalue weighted by Crippen LogP contribution is 2.52. The molecule has 0 amide bonds. The van der Waals surface area contributed by atoms with E-state index in [1.54, 1.807) is 6.07 Å². The summed E-state index contributed by atoms with van der Waals surface area (Å²) in [5.41, 5.74) is 16.0. The molecule has 354 valence electrons. The molecule has 0 fully saturated rings. The van der Waals surface area contributed by atoms with Crippen molar-refractivity contribution in [3.8, 4) is 39.6 Å². The van der Waals surface area contributed by atoms with Gasteiger partial charge in [0, 0.05) is 52.1 Å². The fourth-order valence-electron chi connectivity index (χ4n) is 10.5. The van der Waals surface area contributed by atoms with E-state index in [4.69, 9.17) is 9.72 Å². The molecule has 7 aromatic carbocycles. The molecular formula is C63H62F2N4O. The van der Waals surface area contributed by atoms with Gasteiger partial charge in [-0.1, -0.05) is 118 Å². The van der Waals surface area contributed by atoms with Gasteiger partial charge >= 0.3 is 0 Å². The van der Waals surface area contributed by atoms with Crippen LogP contribution < -0.4 is 14.5 Å². The number of hydrogen-bond acceptors (Lipinski definition) is 4. The Morgan fingerprint density at radius 1 is 0.500 bits per heavy atom. The molecular weight excluding hydrogens is 867 g/mol. The minimum atomic E-state index is -0.586. The maximum absolute atomic E-state index is 15.6. The normalized spacial score (nSPS) is 12.8. The Kier molecular flexibility index (Phi) is 12.3. The van der Waals surface area contributed by atoms with Gasteiger partial charge in [0.2, 0.25) is 0 Å². The van der Waals surface area contributed by atoms with Crippen molar-refractivity contribution in [1.82, 2.24) is 9.55 Å². The lowest BCUT2D eigenvalue weighted by molar-refractivity contribution is 0.483. The molecule has 9 aromatic rings. The average Bonchev–Trinajstić information content (AvgIpc) is 3.89. The number of pyridine rings is 1. The zero-order valence-corrected chi connectivity index (χ0v) is 42.0. The van der Waals surface area contributed by atoms with E-state index in [0.29, 0.717) is 18.2 Å². The number of benzene rings is 7. The van der Waals surface area contributed by atoms with Crippen LogP contribution in [-0.2, 0) is 0 Å². The quantitative estimate of drug-likeness (QED) is 0.122. The van der Waals surface area contributed by atoms with Crippen molar-refractivity contribution in [2.24, 2.45) is 0 Å². The Morgan fingerprint density at radius 2 is 1.19 bits per heavy atom. The first kappa shape index (κ1) is 46.5. The largest absolute Gasteiger partial charge is 0.457 e. The summed E-state index contributed by atoms with van der Waals surface area (Å²) in [7, 11) is 0. The zero-order valence-electron chi connectivity index (χ0n) is 42.0. The van der Waals surface area contributed by atoms with Crippen LogP contribution in [0.3, 0.4) is 0 Å². The topological polar surface area (TPSA) is 33.5 Å². The summed E-state index contributed by atoms with van der Waals surface area (Å²) >= 11 is 0. The van der Waals surface area contributed by atoms with Crippen molar-refractivity contribution in [3.63, 3.8) is 0 Å². The Labute approximate surface area is 412 Å². The highest BCUT2D eigenvalue weighted by Gasteiger charge is 2.34. The number of nitrogens with zero attached hydrogens (tertiary/aromatic N) is 4. The molecule has 10 rings (SSSR count). The van der Waals surface area contributed by atoms with E-state index in [1.165, 1.54) is 28.3 Å². The monoisotopic (exact) mass is 928 g/mol. The van der Waals surface area contributed by atoms with Crippen LogP contribution in [0, 0.1) is 11.6 Å². The van der Waals surface area contributed by atoms with Gasteiger partial charge in [-0.3, -0.25) is 4.57 Å². The zero-order chi connectivity index (χ0) is 49.1. The molecule has 7 heteroatoms. The summed E-state index contributed by atoms with van der Waals surface area (Å²) in [6.07, 6.45) is 1.84. The maximum atomic E-state index is 15.6. The standard InChI is InChI=1S/C63H62F2N4O/c1-37(2)42-21-26-58-60(32-42)68(63-54(40(7)8)30-43(31-55(63)41(9)10)51-24-22-45(64)33-56(51)65)36-67(58)46-28-44(62-49(38(3)4)17-15-18-50(62)39(5)6)29-48(34-46)70-47-23-25-53-52-16-11-12-19-57(52)69(59(53)35-47)61-20-13-14-27-66-61/h11-35,37-41H,36H2,1-10H3. The van der Waals surface area contributed by atoms with E-state index in [9.17, 15) is 4.39 Å². The predicted octanol–water partition coefficient (Wildman–Crippen LogP) is 18.4. The fraction of sp³-hybridized carbons (Fsp3) is 0.254. The number of hydrogen-bond donors (Lipinski definition) is 0. The third-order valence-electron chi connectivity index (χ3n) is 14.1. The summed E-state index contributed by atoms with van der Waals surface area (Å²) in [6.45, 7) is 22.9. The molecule has 0 unspecified atom stereocenters. The highest BCUT2D eigenvalue weighted by atomic mass is 19.1. The number of para-hydroxylation sites is 1. The summed E-state index contributed by atoms with van der Waals surface area (Å²) in [6, 6.07) is 49.3. The van der Waals surface area contributed by atoms with Gasteiger partial charge in [0.15, 0.2) is 0 Å². The van der Waals surface area contributed by atoms with Gasteiger partial charge in [0.05, 0.1) is 22.4 Å². The van der Waals surface area contributed by atoms with Gasteiger partial charge in [-0.25, -0.2) is 13.8 Å². The van der Waals surface area contributed by atoms with E-state index in [0.717, 1.165) is 90.2 Å². The Morgan fingerprint density at radius 3 is 1.84 bits per heavy atom. The minimum Gasteiger partial charge on any atom is -0.457 e. The van der Waals surface area contributed by atoms with E-state index < -0.39 is 11.6 Å². The number of rotatable bonds is 12. The van der Waals surface area contributed by atoms with Crippen LogP contribution in [0.15, 0.2) is 152 Å². The third-order valence-corrected chi connectivity index (χ3v) is 14.1. The Balaban J connectivity index is 1.17. The first-order valence-electron chi connectivity index (χ1n) is 24.9. The van der Waals surface area contributed by atoms with Gasteiger partial charge < -0.3 is 14.5 Å². The van der Waals surface area contributed by atoms with E-state index in [-0.39, 0.29) is 23.7 Å². The molecule has 3 heterocycles. The Hall–Kier alpha value is -7.25. The van der Waals surface area contributed by atoms with Crippen LogP contribution in [0.2, 0.25) is 0 Å². The predicted molar refractivity (Wildman–Crippen MR) is 288 cm³/mol. The second-order valence-electron chi connectivity index (χ2n) is 20.5. The van der Waals surface area contributed by atoms with E-state index in [1.807, 2.05) is 24.4 Å². The number of fused-ring (bicyclic) bond motifs is 4. The van der Waals surface area contributed by atoms with Crippen LogP contribution in [0.4, 0.5) is 31.5 Å². The van der Waals surface area contributed by atoms with Crippen LogP contribution in [0.1, 0.15) is 127 Å². The van der Waals surface area contributed by atoms with Gasteiger partial charge in [-0.05, 0) is 153 Å². The van der Waals surface area contributed by atoms with E-state index in [2.05, 4.69) is 193 Å². The van der Waals surface area contributed by atoms with Gasteiger partial charge in [-0.15, -0.1) is 0 Å². The van der Waals surface area contributed by atoms with Crippen LogP contribution in [-0.4, -0.2) is 16.2 Å². The number of anilines is 4. The van der Waals surface area contributed by atoms with Crippen molar-refractivity contribution in [3.05, 3.63) is 191 Å². The molecule has 1 aliphatic rings. The number of ether oxygens (including phenoxy) is 1. The average molecular weight is 929 g/mol. The molecule has 0 bridgehead atoms. The summed E-state index contributed by atoms with van der Waals surface area (Å²) in [5, 5.41) is 2.28. The van der Waals surface area contributed by atoms with Crippen LogP contribution in [0.5, 0.6) is 11.5 Å². The molecule has 0 saturated carbocycles. The molecule has 0 atom stereocenters.